The van der Waals surface area contributed by atoms with E-state index in [1.807, 2.05) is 6.08 Å². The summed E-state index contributed by atoms with van der Waals surface area (Å²) in [4.78, 5) is 12.4. The van der Waals surface area contributed by atoms with Gasteiger partial charge in [0, 0.05) is 6.42 Å². The Labute approximate surface area is 331 Å². The molecule has 0 saturated heterocycles. The fourth-order valence-electron chi connectivity index (χ4n) is 7.21. The Hall–Kier alpha value is -1.39. The number of amides is 1. The zero-order valence-corrected chi connectivity index (χ0v) is 35.8. The second-order valence-corrected chi connectivity index (χ2v) is 16.2. The first kappa shape index (κ1) is 51.6. The van der Waals surface area contributed by atoms with Crippen LogP contribution in [0.25, 0.3) is 0 Å². The SMILES string of the molecule is CCCCCC/C=C\C/C=C\CCCCCCCCCC(=O)NC(CO)C(O)/C=C/CCCCCCCCCCCCCCCCCCCCCCC. The van der Waals surface area contributed by atoms with Crippen molar-refractivity contribution >= 4 is 5.91 Å². The van der Waals surface area contributed by atoms with Crippen molar-refractivity contribution in [3.63, 3.8) is 0 Å². The number of nitrogens with one attached hydrogen (secondary N) is 1. The molecule has 0 aliphatic carbocycles. The third kappa shape index (κ3) is 41.6. The summed E-state index contributed by atoms with van der Waals surface area (Å²) in [5, 5.41) is 23.1. The van der Waals surface area contributed by atoms with Crippen LogP contribution in [0.1, 0.15) is 251 Å². The van der Waals surface area contributed by atoms with Crippen LogP contribution in [0.5, 0.6) is 0 Å². The maximum absolute atomic E-state index is 12.4. The summed E-state index contributed by atoms with van der Waals surface area (Å²) < 4.78 is 0. The van der Waals surface area contributed by atoms with Gasteiger partial charge >= 0.3 is 0 Å². The zero-order chi connectivity index (χ0) is 38.6. The molecule has 2 unspecified atom stereocenters. The molecule has 0 saturated carbocycles. The molecule has 0 aliphatic heterocycles. The minimum atomic E-state index is -0.842. The average molecular weight is 744 g/mol. The molecule has 0 rings (SSSR count). The van der Waals surface area contributed by atoms with Crippen molar-refractivity contribution in [2.24, 2.45) is 0 Å². The van der Waals surface area contributed by atoms with Crippen LogP contribution in [0.3, 0.4) is 0 Å². The number of allylic oxidation sites excluding steroid dienone is 5. The Kier molecular flexibility index (Phi) is 43.8. The number of rotatable bonds is 43. The number of aliphatic hydroxyl groups excluding tert-OH is 2. The highest BCUT2D eigenvalue weighted by Gasteiger charge is 2.17. The first-order valence-electron chi connectivity index (χ1n) is 23.7. The van der Waals surface area contributed by atoms with Crippen molar-refractivity contribution < 1.29 is 15.0 Å². The minimum absolute atomic E-state index is 0.0704. The van der Waals surface area contributed by atoms with Crippen LogP contribution in [-0.4, -0.2) is 34.9 Å². The molecule has 0 aromatic carbocycles. The summed E-state index contributed by atoms with van der Waals surface area (Å²) in [7, 11) is 0. The highest BCUT2D eigenvalue weighted by atomic mass is 16.3. The Bertz CT molecular complexity index is 806. The fourth-order valence-corrected chi connectivity index (χ4v) is 7.21. The topological polar surface area (TPSA) is 69.6 Å². The summed E-state index contributed by atoms with van der Waals surface area (Å²) in [6.07, 6.45) is 59.8. The predicted molar refractivity (Wildman–Crippen MR) is 235 cm³/mol. The molecule has 4 nitrogen and oxygen atoms in total. The van der Waals surface area contributed by atoms with Crippen LogP contribution in [-0.2, 0) is 4.79 Å². The van der Waals surface area contributed by atoms with Crippen molar-refractivity contribution in [3.05, 3.63) is 36.5 Å². The van der Waals surface area contributed by atoms with E-state index in [1.165, 1.54) is 199 Å². The third-order valence-electron chi connectivity index (χ3n) is 10.9. The molecule has 0 aliphatic rings. The van der Waals surface area contributed by atoms with E-state index < -0.39 is 12.1 Å². The highest BCUT2D eigenvalue weighted by molar-refractivity contribution is 5.76. The van der Waals surface area contributed by atoms with E-state index in [4.69, 9.17) is 0 Å². The lowest BCUT2D eigenvalue weighted by atomic mass is 10.0. The van der Waals surface area contributed by atoms with Crippen LogP contribution in [0.2, 0.25) is 0 Å². The Morgan fingerprint density at radius 1 is 0.453 bits per heavy atom. The monoisotopic (exact) mass is 744 g/mol. The number of carbonyl (C=O) groups excluding carboxylic acids is 1. The second kappa shape index (κ2) is 45.0. The minimum Gasteiger partial charge on any atom is -0.394 e. The summed E-state index contributed by atoms with van der Waals surface area (Å²) >= 11 is 0. The third-order valence-corrected chi connectivity index (χ3v) is 10.9. The zero-order valence-electron chi connectivity index (χ0n) is 35.8. The maximum Gasteiger partial charge on any atom is 0.220 e. The predicted octanol–water partition coefficient (Wildman–Crippen LogP) is 15.0. The van der Waals surface area contributed by atoms with Crippen LogP contribution in [0, 0.1) is 0 Å². The van der Waals surface area contributed by atoms with Gasteiger partial charge in [0.15, 0.2) is 0 Å². The maximum atomic E-state index is 12.4. The normalized spacial score (nSPS) is 13.2. The smallest absolute Gasteiger partial charge is 0.220 e. The van der Waals surface area contributed by atoms with Crippen molar-refractivity contribution in [3.8, 4) is 0 Å². The van der Waals surface area contributed by atoms with Gasteiger partial charge in [-0.15, -0.1) is 0 Å². The van der Waals surface area contributed by atoms with Crippen LogP contribution in [0.15, 0.2) is 36.5 Å². The molecule has 1 amide bonds. The van der Waals surface area contributed by atoms with Crippen molar-refractivity contribution in [1.29, 1.82) is 0 Å². The lowest BCUT2D eigenvalue weighted by Crippen LogP contribution is -2.45. The molecule has 3 N–H and O–H groups in total. The lowest BCUT2D eigenvalue weighted by molar-refractivity contribution is -0.123. The molecule has 53 heavy (non-hydrogen) atoms. The summed E-state index contributed by atoms with van der Waals surface area (Å²) in [6.45, 7) is 4.30. The quantitative estimate of drug-likeness (QED) is 0.0430. The summed E-state index contributed by atoms with van der Waals surface area (Å²) in [5.41, 5.74) is 0. The van der Waals surface area contributed by atoms with E-state index >= 15 is 0 Å². The van der Waals surface area contributed by atoms with E-state index in [-0.39, 0.29) is 12.5 Å². The molecule has 0 spiro atoms. The first-order chi connectivity index (χ1) is 26.2. The fraction of sp³-hybridized carbons (Fsp3) is 0.857. The number of hydrogen-bond donors (Lipinski definition) is 3. The van der Waals surface area contributed by atoms with Crippen LogP contribution in [0.4, 0.5) is 0 Å². The van der Waals surface area contributed by atoms with E-state index in [0.717, 1.165) is 32.1 Å². The molecule has 312 valence electrons. The molecule has 0 aromatic rings. The van der Waals surface area contributed by atoms with Gasteiger partial charge in [0.2, 0.25) is 5.91 Å². The lowest BCUT2D eigenvalue weighted by Gasteiger charge is -2.20. The highest BCUT2D eigenvalue weighted by Crippen LogP contribution is 2.16. The molecule has 2 atom stereocenters. The van der Waals surface area contributed by atoms with E-state index in [9.17, 15) is 15.0 Å². The number of aliphatic hydroxyl groups is 2. The number of unbranched alkanes of at least 4 members (excludes halogenated alkanes) is 32. The first-order valence-corrected chi connectivity index (χ1v) is 23.7. The van der Waals surface area contributed by atoms with Gasteiger partial charge in [-0.3, -0.25) is 4.79 Å². The largest absolute Gasteiger partial charge is 0.394 e. The van der Waals surface area contributed by atoms with Crippen molar-refractivity contribution in [1.82, 2.24) is 5.32 Å². The van der Waals surface area contributed by atoms with Gasteiger partial charge in [0.05, 0.1) is 18.8 Å². The van der Waals surface area contributed by atoms with E-state index in [2.05, 4.69) is 43.5 Å². The van der Waals surface area contributed by atoms with Crippen molar-refractivity contribution in [2.75, 3.05) is 6.61 Å². The molecule has 0 heterocycles. The van der Waals surface area contributed by atoms with Gasteiger partial charge in [0.1, 0.15) is 0 Å². The standard InChI is InChI=1S/C49H93NO3/c1-3-5-7-9-11-13-15-17-19-21-23-24-25-26-27-28-30-32-34-36-38-40-42-44-48(52)47(46-51)50-49(53)45-43-41-39-37-35-33-31-29-22-20-18-16-14-12-10-8-6-4-2/h14,16,20,22,42,44,47-48,51-52H,3-13,15,17-19,21,23-41,43,45-46H2,1-2H3,(H,50,53)/b16-14-,22-20-,44-42+. The van der Waals surface area contributed by atoms with E-state index in [1.54, 1.807) is 6.08 Å². The number of carbonyl (C=O) groups is 1. The van der Waals surface area contributed by atoms with Crippen LogP contribution < -0.4 is 5.32 Å². The van der Waals surface area contributed by atoms with E-state index in [0.29, 0.717) is 6.42 Å². The molecule has 0 radical (unpaired) electrons. The average Bonchev–Trinajstić information content (AvgIpc) is 3.16. The van der Waals surface area contributed by atoms with Gasteiger partial charge < -0.3 is 15.5 Å². The number of hydrogen-bond acceptors (Lipinski definition) is 3. The molecule has 0 fully saturated rings. The van der Waals surface area contributed by atoms with Crippen molar-refractivity contribution in [2.45, 2.75) is 264 Å². The van der Waals surface area contributed by atoms with Gasteiger partial charge in [-0.2, -0.15) is 0 Å². The Balaban J connectivity index is 3.55. The molecule has 4 heteroatoms. The summed E-state index contributed by atoms with van der Waals surface area (Å²) in [5.74, 6) is -0.0704. The van der Waals surface area contributed by atoms with Gasteiger partial charge in [-0.05, 0) is 51.4 Å². The Morgan fingerprint density at radius 3 is 1.15 bits per heavy atom. The van der Waals surface area contributed by atoms with Crippen LogP contribution >= 0.6 is 0 Å². The second-order valence-electron chi connectivity index (χ2n) is 16.2. The van der Waals surface area contributed by atoms with Gasteiger partial charge in [-0.1, -0.05) is 230 Å². The summed E-state index contributed by atoms with van der Waals surface area (Å²) in [6, 6.07) is -0.626. The van der Waals surface area contributed by atoms with Gasteiger partial charge in [-0.25, -0.2) is 0 Å². The molecular weight excluding hydrogens is 651 g/mol. The molecular formula is C49H93NO3. The van der Waals surface area contributed by atoms with Gasteiger partial charge in [0.25, 0.3) is 0 Å². The molecule has 0 aromatic heterocycles. The Morgan fingerprint density at radius 2 is 0.774 bits per heavy atom. The molecule has 0 bridgehead atoms.